The average molecular weight is 300 g/mol. The van der Waals surface area contributed by atoms with Crippen molar-refractivity contribution in [1.82, 2.24) is 0 Å². The summed E-state index contributed by atoms with van der Waals surface area (Å²) in [5.41, 5.74) is 0. The van der Waals surface area contributed by atoms with Crippen LogP contribution in [0.25, 0.3) is 0 Å². The molecule has 0 aromatic rings. The van der Waals surface area contributed by atoms with Crippen LogP contribution in [-0.2, 0) is 4.79 Å². The minimum atomic E-state index is -0.770. The van der Waals surface area contributed by atoms with E-state index < -0.39 is 5.97 Å². The monoisotopic (exact) mass is 300 g/mol. The van der Waals surface area contributed by atoms with E-state index in [1.54, 1.807) is 0 Å². The van der Waals surface area contributed by atoms with Crippen LogP contribution >= 0.6 is 0 Å². The maximum atomic E-state index is 10.4. The summed E-state index contributed by atoms with van der Waals surface area (Å²) >= 11 is 0. The summed E-state index contributed by atoms with van der Waals surface area (Å²) < 4.78 is 0. The molecule has 3 nitrogen and oxygen atoms in total. The van der Waals surface area contributed by atoms with Crippen LogP contribution in [0.4, 0.5) is 0 Å². The molecule has 2 N–H and O–H groups in total. The number of carbonyl (C=O) groups is 1. The van der Waals surface area contributed by atoms with E-state index >= 15 is 0 Å². The number of carboxylic acid groups (broad SMARTS) is 1. The highest BCUT2D eigenvalue weighted by molar-refractivity contribution is 5.66. The molecule has 0 bridgehead atoms. The Morgan fingerprint density at radius 3 is 1.90 bits per heavy atom. The maximum Gasteiger partial charge on any atom is 0.303 e. The zero-order valence-corrected chi connectivity index (χ0v) is 14.1. The van der Waals surface area contributed by atoms with Crippen molar-refractivity contribution in [2.45, 2.75) is 103 Å². The first-order valence-electron chi connectivity index (χ1n) is 8.97. The topological polar surface area (TPSA) is 57.5 Å². The fourth-order valence-electron chi connectivity index (χ4n) is 2.72. The fraction of sp³-hybridized carbons (Fsp3) is 0.944. The molecule has 21 heavy (non-hydrogen) atoms. The highest BCUT2D eigenvalue weighted by Crippen LogP contribution is 2.18. The Morgan fingerprint density at radius 1 is 0.857 bits per heavy atom. The summed E-state index contributed by atoms with van der Waals surface area (Å²) in [7, 11) is 0. The van der Waals surface area contributed by atoms with Gasteiger partial charge < -0.3 is 10.2 Å². The predicted octanol–water partition coefficient (Wildman–Crippen LogP) is 5.16. The van der Waals surface area contributed by atoms with Gasteiger partial charge >= 0.3 is 5.97 Å². The number of hydrogen-bond acceptors (Lipinski definition) is 2. The minimum Gasteiger partial charge on any atom is -0.481 e. The Labute approximate surface area is 131 Å². The zero-order valence-electron chi connectivity index (χ0n) is 14.1. The molecule has 0 fully saturated rings. The molecule has 0 rings (SSSR count). The third-order valence-electron chi connectivity index (χ3n) is 4.31. The van der Waals surface area contributed by atoms with E-state index in [9.17, 15) is 9.90 Å². The van der Waals surface area contributed by atoms with Crippen molar-refractivity contribution in [3.63, 3.8) is 0 Å². The van der Waals surface area contributed by atoms with E-state index in [4.69, 9.17) is 5.11 Å². The summed E-state index contributed by atoms with van der Waals surface area (Å²) in [6.07, 6.45) is 14.0. The van der Waals surface area contributed by atoms with Gasteiger partial charge in [-0.1, -0.05) is 71.6 Å². The molecule has 0 saturated carbocycles. The Bertz CT molecular complexity index is 241. The predicted molar refractivity (Wildman–Crippen MR) is 88.5 cm³/mol. The van der Waals surface area contributed by atoms with Crippen molar-refractivity contribution in [3.8, 4) is 0 Å². The Morgan fingerprint density at radius 2 is 1.38 bits per heavy atom. The van der Waals surface area contributed by atoms with Crippen molar-refractivity contribution in [2.24, 2.45) is 5.92 Å². The van der Waals surface area contributed by atoms with Crippen LogP contribution in [0.3, 0.4) is 0 Å². The van der Waals surface area contributed by atoms with Gasteiger partial charge in [0.05, 0.1) is 6.10 Å². The molecule has 126 valence electrons. The Kier molecular flexibility index (Phi) is 14.0. The van der Waals surface area contributed by atoms with Gasteiger partial charge in [-0.05, 0) is 25.2 Å². The molecule has 0 aromatic heterocycles. The average Bonchev–Trinajstić information content (AvgIpc) is 2.44. The first kappa shape index (κ1) is 20.4. The van der Waals surface area contributed by atoms with Crippen LogP contribution in [0.15, 0.2) is 0 Å². The van der Waals surface area contributed by atoms with Gasteiger partial charge in [-0.3, -0.25) is 4.79 Å². The number of hydrogen-bond donors (Lipinski definition) is 2. The van der Waals surface area contributed by atoms with Crippen LogP contribution in [0, 0.1) is 5.92 Å². The lowest BCUT2D eigenvalue weighted by Gasteiger charge is -2.18. The van der Waals surface area contributed by atoms with Gasteiger partial charge in [0.2, 0.25) is 0 Å². The van der Waals surface area contributed by atoms with Gasteiger partial charge in [0.1, 0.15) is 0 Å². The first-order valence-corrected chi connectivity index (χ1v) is 8.97. The van der Waals surface area contributed by atoms with Crippen LogP contribution < -0.4 is 0 Å². The van der Waals surface area contributed by atoms with Crippen LogP contribution in [0.2, 0.25) is 0 Å². The molecule has 3 heteroatoms. The lowest BCUT2D eigenvalue weighted by molar-refractivity contribution is -0.137. The largest absolute Gasteiger partial charge is 0.481 e. The second kappa shape index (κ2) is 14.4. The number of rotatable bonds is 15. The van der Waals surface area contributed by atoms with Crippen LogP contribution in [0.5, 0.6) is 0 Å². The van der Waals surface area contributed by atoms with Gasteiger partial charge in [0.15, 0.2) is 0 Å². The summed E-state index contributed by atoms with van der Waals surface area (Å²) in [6, 6.07) is 0. The number of aliphatic hydroxyl groups is 1. The van der Waals surface area contributed by atoms with Gasteiger partial charge in [-0.25, -0.2) is 0 Å². The number of aliphatic carboxylic acids is 1. The lowest BCUT2D eigenvalue weighted by Crippen LogP contribution is -2.17. The third-order valence-corrected chi connectivity index (χ3v) is 4.31. The van der Waals surface area contributed by atoms with Crippen LogP contribution in [0.1, 0.15) is 97.3 Å². The van der Waals surface area contributed by atoms with E-state index in [1.807, 2.05) is 0 Å². The quantitative estimate of drug-likeness (QED) is 0.411. The molecule has 2 atom stereocenters. The summed E-state index contributed by atoms with van der Waals surface area (Å²) in [5.74, 6) is -0.475. The van der Waals surface area contributed by atoms with Crippen molar-refractivity contribution in [3.05, 3.63) is 0 Å². The Balaban J connectivity index is 3.35. The van der Waals surface area contributed by atoms with E-state index in [2.05, 4.69) is 13.8 Å². The van der Waals surface area contributed by atoms with Crippen molar-refractivity contribution >= 4 is 5.97 Å². The fourth-order valence-corrected chi connectivity index (χ4v) is 2.72. The van der Waals surface area contributed by atoms with E-state index in [1.165, 1.54) is 57.8 Å². The number of unbranched alkanes of at least 4 members (excludes halogenated alkanes) is 8. The van der Waals surface area contributed by atoms with E-state index in [0.29, 0.717) is 18.8 Å². The van der Waals surface area contributed by atoms with Gasteiger partial charge in [0, 0.05) is 6.42 Å². The van der Waals surface area contributed by atoms with Crippen molar-refractivity contribution in [2.75, 3.05) is 0 Å². The molecule has 0 aliphatic carbocycles. The lowest BCUT2D eigenvalue weighted by atomic mass is 9.93. The number of carboxylic acids is 1. The molecule has 0 aliphatic heterocycles. The van der Waals surface area contributed by atoms with E-state index in [-0.39, 0.29) is 12.5 Å². The second-order valence-corrected chi connectivity index (χ2v) is 6.45. The molecule has 0 aromatic carbocycles. The second-order valence-electron chi connectivity index (χ2n) is 6.45. The van der Waals surface area contributed by atoms with Crippen LogP contribution in [-0.4, -0.2) is 22.3 Å². The van der Waals surface area contributed by atoms with Gasteiger partial charge in [0.25, 0.3) is 0 Å². The molecule has 0 amide bonds. The van der Waals surface area contributed by atoms with Gasteiger partial charge in [-0.2, -0.15) is 0 Å². The molecule has 0 aliphatic rings. The zero-order chi connectivity index (χ0) is 15.9. The minimum absolute atomic E-state index is 0.168. The highest BCUT2D eigenvalue weighted by Gasteiger charge is 2.14. The van der Waals surface area contributed by atoms with Gasteiger partial charge in [-0.15, -0.1) is 0 Å². The molecule has 0 heterocycles. The normalized spacial score (nSPS) is 14.0. The summed E-state index contributed by atoms with van der Waals surface area (Å²) in [5, 5.41) is 18.5. The number of aliphatic hydroxyl groups excluding tert-OH is 1. The maximum absolute atomic E-state index is 10.4. The molecular formula is C18H36O3. The molecule has 0 saturated heterocycles. The summed E-state index contributed by atoms with van der Waals surface area (Å²) in [4.78, 5) is 10.4. The molecular weight excluding hydrogens is 264 g/mol. The first-order chi connectivity index (χ1) is 10.1. The standard InChI is InChI=1S/C18H36O3/c1-3-4-5-6-7-8-9-10-11-13-16(2)17(19)14-12-15-18(20)21/h16-17,19H,3-15H2,1-2H3,(H,20,21). The third kappa shape index (κ3) is 14.1. The SMILES string of the molecule is CCCCCCCCCCCC(C)C(O)CCCC(=O)O. The van der Waals surface area contributed by atoms with Crippen molar-refractivity contribution < 1.29 is 15.0 Å². The highest BCUT2D eigenvalue weighted by atomic mass is 16.4. The smallest absolute Gasteiger partial charge is 0.303 e. The molecule has 0 spiro atoms. The molecule has 2 unspecified atom stereocenters. The van der Waals surface area contributed by atoms with Crippen molar-refractivity contribution in [1.29, 1.82) is 0 Å². The summed E-state index contributed by atoms with van der Waals surface area (Å²) in [6.45, 7) is 4.33. The molecule has 0 radical (unpaired) electrons. The Hall–Kier alpha value is -0.570. The van der Waals surface area contributed by atoms with E-state index in [0.717, 1.165) is 6.42 Å².